The molecule has 1 nitrogen and oxygen atoms in total. The molecule has 0 N–H and O–H groups in total. The summed E-state index contributed by atoms with van der Waals surface area (Å²) in [6.07, 6.45) is 3.73. The first-order chi connectivity index (χ1) is 7.16. The van der Waals surface area contributed by atoms with Gasteiger partial charge in [-0.05, 0) is 38.5 Å². The Kier molecular flexibility index (Phi) is 3.89. The van der Waals surface area contributed by atoms with Crippen LogP contribution in [0.2, 0.25) is 0 Å². The van der Waals surface area contributed by atoms with Crippen LogP contribution in [-0.4, -0.2) is 23.5 Å². The van der Waals surface area contributed by atoms with E-state index >= 15 is 0 Å². The van der Waals surface area contributed by atoms with E-state index < -0.39 is 0 Å². The fourth-order valence-corrected chi connectivity index (χ4v) is 2.63. The number of hydrogen-bond donors (Lipinski definition) is 0. The average molecular weight is 223 g/mol. The summed E-state index contributed by atoms with van der Waals surface area (Å²) in [6.45, 7) is 18.6. The van der Waals surface area contributed by atoms with Gasteiger partial charge < -0.3 is 0 Å². The fraction of sp³-hybridized carbons (Fsp3) is 0.867. The van der Waals surface area contributed by atoms with E-state index in [0.29, 0.717) is 11.0 Å². The molecule has 0 aliphatic carbocycles. The molecule has 0 spiro atoms. The topological polar surface area (TPSA) is 3.24 Å². The third-order valence-corrected chi connectivity index (χ3v) is 3.72. The van der Waals surface area contributed by atoms with Crippen LogP contribution < -0.4 is 0 Å². The van der Waals surface area contributed by atoms with Crippen LogP contribution in [0.5, 0.6) is 0 Å². The molecule has 1 rings (SSSR count). The first-order valence-corrected chi connectivity index (χ1v) is 6.62. The van der Waals surface area contributed by atoms with Gasteiger partial charge in [0.15, 0.2) is 0 Å². The van der Waals surface area contributed by atoms with Crippen LogP contribution in [-0.2, 0) is 0 Å². The average Bonchev–Trinajstić information content (AvgIpc) is 2.14. The highest BCUT2D eigenvalue weighted by molar-refractivity contribution is 5.19. The van der Waals surface area contributed by atoms with E-state index in [0.717, 1.165) is 12.5 Å². The van der Waals surface area contributed by atoms with E-state index in [1.165, 1.54) is 13.0 Å². The maximum atomic E-state index is 2.59. The molecule has 0 aromatic carbocycles. The first-order valence-electron chi connectivity index (χ1n) is 6.62. The molecule has 16 heavy (non-hydrogen) atoms. The number of nitrogens with zero attached hydrogens (tertiary/aromatic N) is 1. The van der Waals surface area contributed by atoms with Crippen LogP contribution in [0.15, 0.2) is 11.6 Å². The van der Waals surface area contributed by atoms with Crippen molar-refractivity contribution >= 4 is 0 Å². The predicted molar refractivity (Wildman–Crippen MR) is 72.6 cm³/mol. The van der Waals surface area contributed by atoms with Gasteiger partial charge in [-0.25, -0.2) is 0 Å². The molecule has 1 aliphatic rings. The molecule has 0 amide bonds. The van der Waals surface area contributed by atoms with Crippen molar-refractivity contribution in [2.24, 2.45) is 11.3 Å². The molecule has 1 heterocycles. The van der Waals surface area contributed by atoms with Crippen molar-refractivity contribution in [1.82, 2.24) is 4.90 Å². The van der Waals surface area contributed by atoms with Gasteiger partial charge in [0.05, 0.1) is 0 Å². The quantitative estimate of drug-likeness (QED) is 0.605. The zero-order chi connectivity index (χ0) is 12.6. The van der Waals surface area contributed by atoms with Gasteiger partial charge >= 0.3 is 0 Å². The van der Waals surface area contributed by atoms with E-state index in [9.17, 15) is 0 Å². The van der Waals surface area contributed by atoms with Crippen molar-refractivity contribution in [2.45, 2.75) is 60.4 Å². The third kappa shape index (κ3) is 3.10. The fourth-order valence-electron chi connectivity index (χ4n) is 2.63. The smallest absolute Gasteiger partial charge is 0.0171 e. The van der Waals surface area contributed by atoms with Crippen molar-refractivity contribution in [3.63, 3.8) is 0 Å². The second-order valence-electron chi connectivity index (χ2n) is 7.09. The molecule has 1 atom stereocenters. The van der Waals surface area contributed by atoms with Gasteiger partial charge in [0.1, 0.15) is 0 Å². The van der Waals surface area contributed by atoms with Gasteiger partial charge in [0.2, 0.25) is 0 Å². The van der Waals surface area contributed by atoms with Gasteiger partial charge in [0, 0.05) is 18.6 Å². The summed E-state index contributed by atoms with van der Waals surface area (Å²) in [4.78, 5) is 2.59. The molecule has 1 aliphatic heterocycles. The lowest BCUT2D eigenvalue weighted by molar-refractivity contribution is 0.118. The summed E-state index contributed by atoms with van der Waals surface area (Å²) < 4.78 is 0. The van der Waals surface area contributed by atoms with E-state index in [2.05, 4.69) is 59.4 Å². The SMILES string of the molecule is CCC1CN(C(C)(C)C)CC=C1C(C)(C)C. The molecule has 0 aromatic heterocycles. The molecule has 0 saturated carbocycles. The van der Waals surface area contributed by atoms with E-state index in [-0.39, 0.29) is 0 Å². The Labute approximate surface area is 102 Å². The molecule has 94 valence electrons. The standard InChI is InChI=1S/C15H29N/c1-8-12-11-16(15(5,6)7)10-9-13(12)14(2,3)4/h9,12H,8,10-11H2,1-7H3. The maximum Gasteiger partial charge on any atom is 0.0171 e. The highest BCUT2D eigenvalue weighted by atomic mass is 15.2. The van der Waals surface area contributed by atoms with E-state index in [1.807, 2.05) is 0 Å². The lowest BCUT2D eigenvalue weighted by atomic mass is 9.75. The van der Waals surface area contributed by atoms with Crippen molar-refractivity contribution in [1.29, 1.82) is 0 Å². The van der Waals surface area contributed by atoms with E-state index in [1.54, 1.807) is 5.57 Å². The molecule has 0 radical (unpaired) electrons. The normalized spacial score (nSPS) is 24.4. The zero-order valence-electron chi connectivity index (χ0n) is 12.2. The second-order valence-corrected chi connectivity index (χ2v) is 7.09. The van der Waals surface area contributed by atoms with Crippen LogP contribution in [0.4, 0.5) is 0 Å². The van der Waals surface area contributed by atoms with Crippen LogP contribution in [0.1, 0.15) is 54.9 Å². The largest absolute Gasteiger partial charge is 0.294 e. The van der Waals surface area contributed by atoms with Gasteiger partial charge in [0.25, 0.3) is 0 Å². The highest BCUT2D eigenvalue weighted by Gasteiger charge is 2.32. The van der Waals surface area contributed by atoms with Crippen molar-refractivity contribution < 1.29 is 0 Å². The minimum Gasteiger partial charge on any atom is -0.294 e. The van der Waals surface area contributed by atoms with Crippen molar-refractivity contribution in [3.8, 4) is 0 Å². The van der Waals surface area contributed by atoms with E-state index in [4.69, 9.17) is 0 Å². The minimum atomic E-state index is 0.299. The predicted octanol–water partition coefficient (Wildman–Crippen LogP) is 4.10. The Bertz CT molecular complexity index is 262. The van der Waals surface area contributed by atoms with Crippen LogP contribution in [0.3, 0.4) is 0 Å². The van der Waals surface area contributed by atoms with Crippen molar-refractivity contribution in [2.75, 3.05) is 13.1 Å². The van der Waals surface area contributed by atoms with Gasteiger partial charge in [-0.2, -0.15) is 0 Å². The summed E-state index contributed by atoms with van der Waals surface area (Å²) in [5.74, 6) is 0.743. The summed E-state index contributed by atoms with van der Waals surface area (Å²) in [6, 6.07) is 0. The third-order valence-electron chi connectivity index (χ3n) is 3.72. The zero-order valence-corrected chi connectivity index (χ0v) is 12.2. The number of hydrogen-bond acceptors (Lipinski definition) is 1. The highest BCUT2D eigenvalue weighted by Crippen LogP contribution is 2.37. The Hall–Kier alpha value is -0.300. The molecular weight excluding hydrogens is 194 g/mol. The lowest BCUT2D eigenvalue weighted by Gasteiger charge is -2.44. The molecule has 0 saturated heterocycles. The summed E-state index contributed by atoms with van der Waals surface area (Å²) in [7, 11) is 0. The molecule has 0 fully saturated rings. The summed E-state index contributed by atoms with van der Waals surface area (Å²) >= 11 is 0. The molecular formula is C15H29N. The second kappa shape index (κ2) is 4.52. The number of rotatable bonds is 1. The molecule has 1 unspecified atom stereocenters. The summed E-state index contributed by atoms with van der Waals surface area (Å²) in [5, 5.41) is 0. The summed E-state index contributed by atoms with van der Waals surface area (Å²) in [5.41, 5.74) is 2.30. The van der Waals surface area contributed by atoms with Crippen molar-refractivity contribution in [3.05, 3.63) is 11.6 Å². The van der Waals surface area contributed by atoms with Crippen LogP contribution in [0.25, 0.3) is 0 Å². The maximum absolute atomic E-state index is 2.59. The monoisotopic (exact) mass is 223 g/mol. The Morgan fingerprint density at radius 2 is 1.75 bits per heavy atom. The Balaban J connectivity index is 2.88. The lowest BCUT2D eigenvalue weighted by Crippen LogP contribution is -2.47. The molecule has 0 aromatic rings. The Morgan fingerprint density at radius 3 is 2.12 bits per heavy atom. The van der Waals surface area contributed by atoms with Gasteiger partial charge in [-0.1, -0.05) is 39.3 Å². The Morgan fingerprint density at radius 1 is 1.19 bits per heavy atom. The van der Waals surface area contributed by atoms with Gasteiger partial charge in [-0.15, -0.1) is 0 Å². The van der Waals surface area contributed by atoms with Crippen LogP contribution in [0, 0.1) is 11.3 Å². The first kappa shape index (κ1) is 13.8. The molecule has 1 heteroatoms. The minimum absolute atomic E-state index is 0.299. The molecule has 0 bridgehead atoms. The van der Waals surface area contributed by atoms with Crippen LogP contribution >= 0.6 is 0 Å². The van der Waals surface area contributed by atoms with Gasteiger partial charge in [-0.3, -0.25) is 4.90 Å².